The highest BCUT2D eigenvalue weighted by Gasteiger charge is 2.31. The molecule has 8 heteroatoms. The SMILES string of the molecule is Cc1cn2nc([C@@H]3CCCCN3C(=O)c3ccc(C#N)nc3)cc2nc1C1CC[C@H](N)C1. The second-order valence-electron chi connectivity index (χ2n) is 9.01. The van der Waals surface area contributed by atoms with Crippen molar-refractivity contribution in [1.82, 2.24) is 24.5 Å². The summed E-state index contributed by atoms with van der Waals surface area (Å²) in [4.78, 5) is 24.2. The van der Waals surface area contributed by atoms with Crippen LogP contribution in [0.3, 0.4) is 0 Å². The zero-order chi connectivity index (χ0) is 22.2. The summed E-state index contributed by atoms with van der Waals surface area (Å²) in [5.74, 6) is 0.332. The number of fused-ring (bicyclic) bond motifs is 1. The summed E-state index contributed by atoms with van der Waals surface area (Å²) in [5.41, 5.74) is 10.9. The average molecular weight is 430 g/mol. The first-order valence-corrected chi connectivity index (χ1v) is 11.3. The van der Waals surface area contributed by atoms with Gasteiger partial charge in [0.2, 0.25) is 0 Å². The van der Waals surface area contributed by atoms with Crippen LogP contribution in [0.2, 0.25) is 0 Å². The van der Waals surface area contributed by atoms with E-state index in [0.717, 1.165) is 61.1 Å². The lowest BCUT2D eigenvalue weighted by Gasteiger charge is -2.34. The number of hydrogen-bond donors (Lipinski definition) is 1. The number of aryl methyl sites for hydroxylation is 1. The molecule has 1 saturated carbocycles. The molecule has 4 heterocycles. The molecule has 1 unspecified atom stereocenters. The molecular weight excluding hydrogens is 402 g/mol. The van der Waals surface area contributed by atoms with Crippen molar-refractivity contribution < 1.29 is 4.79 Å². The fourth-order valence-corrected chi connectivity index (χ4v) is 5.12. The van der Waals surface area contributed by atoms with Crippen LogP contribution in [0, 0.1) is 18.3 Å². The molecule has 1 aliphatic carbocycles. The van der Waals surface area contributed by atoms with Gasteiger partial charge in [0.25, 0.3) is 5.91 Å². The van der Waals surface area contributed by atoms with Crippen LogP contribution in [-0.2, 0) is 0 Å². The molecule has 3 atom stereocenters. The second-order valence-corrected chi connectivity index (χ2v) is 9.01. The van der Waals surface area contributed by atoms with E-state index in [2.05, 4.69) is 11.9 Å². The van der Waals surface area contributed by atoms with Gasteiger partial charge in [-0.1, -0.05) is 0 Å². The van der Waals surface area contributed by atoms with E-state index >= 15 is 0 Å². The van der Waals surface area contributed by atoms with Crippen molar-refractivity contribution in [3.8, 4) is 6.07 Å². The summed E-state index contributed by atoms with van der Waals surface area (Å²) in [6, 6.07) is 7.43. The van der Waals surface area contributed by atoms with Crippen molar-refractivity contribution in [2.24, 2.45) is 5.73 Å². The first-order chi connectivity index (χ1) is 15.5. The molecule has 1 saturated heterocycles. The average Bonchev–Trinajstić information content (AvgIpc) is 3.43. The molecular formula is C24H27N7O. The van der Waals surface area contributed by atoms with Gasteiger partial charge in [-0.2, -0.15) is 10.4 Å². The molecule has 164 valence electrons. The van der Waals surface area contributed by atoms with Crippen LogP contribution >= 0.6 is 0 Å². The highest BCUT2D eigenvalue weighted by molar-refractivity contribution is 5.94. The first kappa shape index (κ1) is 20.6. The number of hydrogen-bond acceptors (Lipinski definition) is 6. The minimum absolute atomic E-state index is 0.0754. The lowest BCUT2D eigenvalue weighted by atomic mass is 9.98. The number of aromatic nitrogens is 4. The molecule has 5 rings (SSSR count). The number of likely N-dealkylation sites (tertiary alicyclic amines) is 1. The Labute approximate surface area is 187 Å². The summed E-state index contributed by atoms with van der Waals surface area (Å²) in [7, 11) is 0. The number of pyridine rings is 1. The molecule has 0 aromatic carbocycles. The van der Waals surface area contributed by atoms with Crippen molar-refractivity contribution in [2.75, 3.05) is 6.54 Å². The summed E-state index contributed by atoms with van der Waals surface area (Å²) >= 11 is 0. The molecule has 0 bridgehead atoms. The molecule has 8 nitrogen and oxygen atoms in total. The zero-order valence-corrected chi connectivity index (χ0v) is 18.2. The number of carbonyl (C=O) groups excluding carboxylic acids is 1. The predicted octanol–water partition coefficient (Wildman–Crippen LogP) is 3.27. The van der Waals surface area contributed by atoms with E-state index in [1.54, 1.807) is 12.1 Å². The summed E-state index contributed by atoms with van der Waals surface area (Å²) in [5, 5.41) is 13.8. The molecule has 1 amide bonds. The van der Waals surface area contributed by atoms with Gasteiger partial charge < -0.3 is 10.6 Å². The van der Waals surface area contributed by atoms with Gasteiger partial charge in [0.05, 0.1) is 23.0 Å². The molecule has 2 N–H and O–H groups in total. The Morgan fingerprint density at radius 3 is 2.84 bits per heavy atom. The normalized spacial score (nSPS) is 23.4. The van der Waals surface area contributed by atoms with Gasteiger partial charge in [0, 0.05) is 37.0 Å². The number of nitriles is 1. The van der Waals surface area contributed by atoms with Crippen molar-refractivity contribution in [3.05, 3.63) is 58.8 Å². The molecule has 32 heavy (non-hydrogen) atoms. The van der Waals surface area contributed by atoms with Crippen molar-refractivity contribution in [2.45, 2.75) is 63.5 Å². The quantitative estimate of drug-likeness (QED) is 0.684. The zero-order valence-electron chi connectivity index (χ0n) is 18.2. The minimum Gasteiger partial charge on any atom is -0.330 e. The number of rotatable bonds is 3. The molecule has 2 aliphatic rings. The number of nitrogens with zero attached hydrogens (tertiary/aromatic N) is 6. The van der Waals surface area contributed by atoms with Gasteiger partial charge in [-0.15, -0.1) is 0 Å². The van der Waals surface area contributed by atoms with E-state index in [9.17, 15) is 4.79 Å². The van der Waals surface area contributed by atoms with E-state index in [4.69, 9.17) is 21.1 Å². The van der Waals surface area contributed by atoms with Crippen LogP contribution < -0.4 is 5.73 Å². The maximum absolute atomic E-state index is 13.3. The van der Waals surface area contributed by atoms with Gasteiger partial charge in [-0.3, -0.25) is 4.79 Å². The van der Waals surface area contributed by atoms with Gasteiger partial charge >= 0.3 is 0 Å². The van der Waals surface area contributed by atoms with E-state index in [1.807, 2.05) is 27.7 Å². The molecule has 0 radical (unpaired) electrons. The maximum atomic E-state index is 13.3. The topological polar surface area (TPSA) is 113 Å². The van der Waals surface area contributed by atoms with E-state index in [1.165, 1.54) is 6.20 Å². The number of piperidine rings is 1. The van der Waals surface area contributed by atoms with Crippen LogP contribution in [0.4, 0.5) is 0 Å². The van der Waals surface area contributed by atoms with Crippen molar-refractivity contribution >= 4 is 11.6 Å². The molecule has 1 aliphatic heterocycles. The van der Waals surface area contributed by atoms with Gasteiger partial charge in [0.1, 0.15) is 11.8 Å². The Kier molecular flexibility index (Phi) is 5.35. The third-order valence-electron chi connectivity index (χ3n) is 6.78. The van der Waals surface area contributed by atoms with E-state index in [0.29, 0.717) is 23.7 Å². The Morgan fingerprint density at radius 2 is 2.12 bits per heavy atom. The summed E-state index contributed by atoms with van der Waals surface area (Å²) < 4.78 is 1.84. The minimum atomic E-state index is -0.0998. The van der Waals surface area contributed by atoms with Crippen molar-refractivity contribution in [1.29, 1.82) is 5.26 Å². The van der Waals surface area contributed by atoms with E-state index < -0.39 is 0 Å². The number of carbonyl (C=O) groups is 1. The van der Waals surface area contributed by atoms with Crippen LogP contribution in [0.5, 0.6) is 0 Å². The highest BCUT2D eigenvalue weighted by atomic mass is 16.2. The largest absolute Gasteiger partial charge is 0.330 e. The molecule has 3 aromatic heterocycles. The molecule has 0 spiro atoms. The maximum Gasteiger partial charge on any atom is 0.255 e. The Hall–Kier alpha value is -3.31. The predicted molar refractivity (Wildman–Crippen MR) is 119 cm³/mol. The monoisotopic (exact) mass is 429 g/mol. The van der Waals surface area contributed by atoms with Crippen LogP contribution in [0.25, 0.3) is 5.65 Å². The standard InChI is InChI=1S/C24H27N7O/c1-15-14-31-22(28-23(15)16-5-7-18(26)10-16)11-20(29-31)21-4-2-3-9-30(21)24(32)17-6-8-19(12-25)27-13-17/h6,8,11,13-14,16,18,21H,2-5,7,9-10,26H2,1H3/t16?,18-,21-/m0/s1. The first-order valence-electron chi connectivity index (χ1n) is 11.3. The van der Waals surface area contributed by atoms with Gasteiger partial charge in [-0.25, -0.2) is 14.5 Å². The lowest BCUT2D eigenvalue weighted by molar-refractivity contribution is 0.0605. The third kappa shape index (κ3) is 3.73. The summed E-state index contributed by atoms with van der Waals surface area (Å²) in [6.07, 6.45) is 9.51. The highest BCUT2D eigenvalue weighted by Crippen LogP contribution is 2.35. The lowest BCUT2D eigenvalue weighted by Crippen LogP contribution is -2.38. The Morgan fingerprint density at radius 1 is 1.25 bits per heavy atom. The van der Waals surface area contributed by atoms with Crippen LogP contribution in [0.1, 0.15) is 83.5 Å². The van der Waals surface area contributed by atoms with Crippen molar-refractivity contribution in [3.63, 3.8) is 0 Å². The Balaban J connectivity index is 1.45. The molecule has 3 aromatic rings. The van der Waals surface area contributed by atoms with E-state index in [-0.39, 0.29) is 18.0 Å². The third-order valence-corrected chi connectivity index (χ3v) is 6.78. The van der Waals surface area contributed by atoms with Gasteiger partial charge in [0.15, 0.2) is 5.65 Å². The fourth-order valence-electron chi connectivity index (χ4n) is 5.12. The summed E-state index contributed by atoms with van der Waals surface area (Å²) in [6.45, 7) is 2.76. The fraction of sp³-hybridized carbons (Fsp3) is 0.458. The number of amides is 1. The van der Waals surface area contributed by atoms with Crippen LogP contribution in [-0.4, -0.2) is 43.0 Å². The smallest absolute Gasteiger partial charge is 0.255 e. The van der Waals surface area contributed by atoms with Gasteiger partial charge in [-0.05, 0) is 63.1 Å². The van der Waals surface area contributed by atoms with Crippen LogP contribution in [0.15, 0.2) is 30.6 Å². The number of nitrogens with two attached hydrogens (primary N) is 1. The molecule has 2 fully saturated rings. The Bertz CT molecular complexity index is 1190. The second kappa shape index (κ2) is 8.32.